The van der Waals surface area contributed by atoms with Crippen molar-refractivity contribution in [3.8, 4) is 11.5 Å². The van der Waals surface area contributed by atoms with E-state index >= 15 is 0 Å². The summed E-state index contributed by atoms with van der Waals surface area (Å²) < 4.78 is 9.88. The van der Waals surface area contributed by atoms with E-state index in [9.17, 15) is 44.1 Å². The van der Waals surface area contributed by atoms with Gasteiger partial charge in [-0.3, -0.25) is 28.8 Å². The van der Waals surface area contributed by atoms with E-state index < -0.39 is 82.5 Å². The van der Waals surface area contributed by atoms with Gasteiger partial charge in [-0.05, 0) is 53.6 Å². The van der Waals surface area contributed by atoms with Crippen LogP contribution in [0.25, 0.3) is 22.3 Å². The summed E-state index contributed by atoms with van der Waals surface area (Å²) in [5, 5.41) is 35.5. The number of hydrazone groups is 1. The van der Waals surface area contributed by atoms with Crippen molar-refractivity contribution in [1.82, 2.24) is 10.4 Å². The first-order valence-corrected chi connectivity index (χ1v) is 13.9. The molecular weight excluding hydrogens is 626 g/mol. The zero-order valence-corrected chi connectivity index (χ0v) is 24.1. The highest BCUT2D eigenvalue weighted by molar-refractivity contribution is 6.29. The van der Waals surface area contributed by atoms with Gasteiger partial charge in [-0.15, -0.1) is 0 Å². The van der Waals surface area contributed by atoms with Gasteiger partial charge >= 0.3 is 5.91 Å². The maximum atomic E-state index is 13.6. The summed E-state index contributed by atoms with van der Waals surface area (Å²) in [6.45, 7) is 0. The molecule has 230 valence electrons. The molecule has 46 heavy (non-hydrogen) atoms. The number of phenolic OH excluding ortho intramolecular Hbond substituents is 1. The Morgan fingerprint density at radius 1 is 1.00 bits per heavy atom. The van der Waals surface area contributed by atoms with Crippen molar-refractivity contribution in [3.63, 3.8) is 0 Å². The predicted octanol–water partition coefficient (Wildman–Crippen LogP) is -0.476. The summed E-state index contributed by atoms with van der Waals surface area (Å²) in [6.07, 6.45) is 1.11. The quantitative estimate of drug-likeness (QED) is 0.124. The Morgan fingerprint density at radius 3 is 2.35 bits per heavy atom. The number of aromatic amines is 1. The van der Waals surface area contributed by atoms with Gasteiger partial charge in [0.25, 0.3) is 5.56 Å². The number of aromatic hydroxyl groups is 1. The van der Waals surface area contributed by atoms with Crippen molar-refractivity contribution >= 4 is 46.0 Å². The maximum Gasteiger partial charge on any atom is 0.307 e. The average molecular weight is 644 g/mol. The molecule has 1 spiro atoms. The fourth-order valence-electron chi connectivity index (χ4n) is 6.49. The molecule has 2 heterocycles. The molecular formula is C31H18ClN3O11. The molecule has 2 aromatic heterocycles. The number of halogens is 1. The molecule has 0 radical (unpaired) electrons. The molecule has 0 saturated carbocycles. The normalized spacial score (nSPS) is 17.0. The van der Waals surface area contributed by atoms with Gasteiger partial charge in [-0.1, -0.05) is 6.07 Å². The van der Waals surface area contributed by atoms with Crippen LogP contribution in [-0.2, 0) is 11.8 Å². The molecule has 1 atom stereocenters. The van der Waals surface area contributed by atoms with Crippen molar-refractivity contribution in [3.05, 3.63) is 130 Å². The van der Waals surface area contributed by atoms with Crippen LogP contribution in [0, 0.1) is 10.4 Å². The number of carbonyl (C=O) groups is 1. The molecule has 1 aromatic carbocycles. The number of H-pyrrole nitrogens is 1. The molecule has 15 heteroatoms. The lowest BCUT2D eigenvalue weighted by Crippen LogP contribution is -2.51. The van der Waals surface area contributed by atoms with Crippen molar-refractivity contribution in [2.75, 3.05) is 7.11 Å². The van der Waals surface area contributed by atoms with E-state index in [1.807, 2.05) is 0 Å². The fraction of sp³-hybridized carbons (Fsp3) is 0.129. The number of hydrogen-bond donors (Lipinski definition) is 5. The second kappa shape index (κ2) is 9.74. The first-order valence-electron chi connectivity index (χ1n) is 13.5. The number of aliphatic hydroxyl groups is 2. The van der Waals surface area contributed by atoms with Gasteiger partial charge in [0.15, 0.2) is 22.2 Å². The van der Waals surface area contributed by atoms with Crippen LogP contribution in [0.2, 0.25) is 5.22 Å². The lowest BCUT2D eigenvalue weighted by Gasteiger charge is -2.27. The smallest absolute Gasteiger partial charge is 0.307 e. The molecule has 4 aliphatic rings. The minimum Gasteiger partial charge on any atom is -0.510 e. The monoisotopic (exact) mass is 643 g/mol. The number of aryl methyl sites for hydroxylation is 1. The second-order valence-corrected chi connectivity index (χ2v) is 11.1. The largest absolute Gasteiger partial charge is 0.510 e. The highest BCUT2D eigenvalue weighted by Crippen LogP contribution is 2.54. The number of methoxy groups -OCH3 is 1. The number of nitrogens with zero attached hydrogens (tertiary/aromatic N) is 1. The highest BCUT2D eigenvalue weighted by atomic mass is 35.5. The first-order chi connectivity index (χ1) is 21.9. The number of furan rings is 1. The summed E-state index contributed by atoms with van der Waals surface area (Å²) in [5.41, 5.74) is -4.56. The van der Waals surface area contributed by atoms with Crippen LogP contribution < -0.4 is 47.9 Å². The van der Waals surface area contributed by atoms with E-state index in [4.69, 9.17) is 20.8 Å². The Hall–Kier alpha value is -6.02. The van der Waals surface area contributed by atoms with E-state index in [2.05, 4.69) is 15.5 Å². The topological polar surface area (TPSA) is 226 Å². The third-order valence-electron chi connectivity index (χ3n) is 8.44. The Balaban J connectivity index is 1.41. The highest BCUT2D eigenvalue weighted by Gasteiger charge is 2.53. The minimum absolute atomic E-state index is 0.00431. The van der Waals surface area contributed by atoms with Crippen molar-refractivity contribution in [2.24, 2.45) is 5.10 Å². The number of fused-ring (bicyclic) bond motifs is 4. The third kappa shape index (κ3) is 3.67. The maximum absolute atomic E-state index is 13.6. The van der Waals surface area contributed by atoms with E-state index in [0.717, 1.165) is 19.4 Å². The number of nitrogens with one attached hydrogen (secondary N) is 2. The molecule has 4 aliphatic carbocycles. The number of amides is 1. The van der Waals surface area contributed by atoms with E-state index in [1.165, 1.54) is 24.3 Å². The van der Waals surface area contributed by atoms with E-state index in [1.54, 1.807) is 0 Å². The number of aliphatic hydroxyl groups excluding tert-OH is 2. The number of ether oxygens (including phenoxy) is 1. The molecule has 3 aromatic rings. The average Bonchev–Trinajstić information content (AvgIpc) is 3.68. The summed E-state index contributed by atoms with van der Waals surface area (Å²) in [4.78, 5) is 80.7. The van der Waals surface area contributed by atoms with Crippen LogP contribution in [0.3, 0.4) is 0 Å². The SMILES string of the molecule is COc1cc(=O)c2c(=O)c3c(c(=O)c=2c1=O)=C(O)[C@]1(CCc2cc4cc(C=NNC(=O)c5ccc(Cl)o5)[nH]c(=O)c4c(O)c21)C=3O. The number of phenols is 1. The lowest BCUT2D eigenvalue weighted by molar-refractivity contribution is 0.0927. The number of pyridine rings is 1. The van der Waals surface area contributed by atoms with Crippen molar-refractivity contribution in [2.45, 2.75) is 18.3 Å². The van der Waals surface area contributed by atoms with Crippen LogP contribution in [0.1, 0.15) is 33.8 Å². The van der Waals surface area contributed by atoms with Gasteiger partial charge in [0.2, 0.25) is 16.3 Å². The summed E-state index contributed by atoms with van der Waals surface area (Å²) in [5.74, 6) is -3.51. The molecule has 5 N–H and O–H groups in total. The van der Waals surface area contributed by atoms with E-state index in [0.29, 0.717) is 5.56 Å². The molecule has 0 aliphatic heterocycles. The predicted molar refractivity (Wildman–Crippen MR) is 162 cm³/mol. The Morgan fingerprint density at radius 2 is 1.70 bits per heavy atom. The fourth-order valence-corrected chi connectivity index (χ4v) is 6.64. The lowest BCUT2D eigenvalue weighted by atomic mass is 9.78. The molecule has 0 unspecified atom stereocenters. The molecule has 0 bridgehead atoms. The molecule has 7 rings (SSSR count). The van der Waals surface area contributed by atoms with Crippen LogP contribution >= 0.6 is 11.6 Å². The molecule has 0 fully saturated rings. The van der Waals surface area contributed by atoms with Gasteiger partial charge < -0.3 is 29.5 Å². The summed E-state index contributed by atoms with van der Waals surface area (Å²) >= 11 is 5.67. The minimum atomic E-state index is -2.02. The molecule has 0 saturated heterocycles. The zero-order valence-electron chi connectivity index (χ0n) is 23.3. The van der Waals surface area contributed by atoms with Gasteiger partial charge in [0.05, 0.1) is 45.3 Å². The number of rotatable bonds is 4. The van der Waals surface area contributed by atoms with Crippen LogP contribution in [-0.4, -0.2) is 39.5 Å². The Bertz CT molecular complexity index is 2740. The number of benzene rings is 1. The van der Waals surface area contributed by atoms with Crippen LogP contribution in [0.4, 0.5) is 0 Å². The molecule has 14 nitrogen and oxygen atoms in total. The number of hydrogen-bond acceptors (Lipinski definition) is 12. The van der Waals surface area contributed by atoms with Crippen LogP contribution in [0.5, 0.6) is 11.5 Å². The number of carbonyl (C=O) groups excluding carboxylic acids is 1. The number of aromatic nitrogens is 1. The van der Waals surface area contributed by atoms with Gasteiger partial charge in [0.1, 0.15) is 22.7 Å². The van der Waals surface area contributed by atoms with Crippen molar-refractivity contribution in [1.29, 1.82) is 0 Å². The van der Waals surface area contributed by atoms with Gasteiger partial charge in [0, 0.05) is 11.6 Å². The van der Waals surface area contributed by atoms with Gasteiger partial charge in [-0.2, -0.15) is 5.10 Å². The summed E-state index contributed by atoms with van der Waals surface area (Å²) in [6, 6.07) is 6.46. The zero-order chi connectivity index (χ0) is 32.8. The Labute approximate surface area is 257 Å². The standard InChI is InChI=1S/C31H18ClN3O11/c1-45-15-8-13(36)18-19(23(15)37)25(39)21-20(24(18)38)27(41)31(28(21)42)5-4-10-6-11-7-12(34-30(44)17(11)26(40)22(10)31)9-33-35-29(43)14-2-3-16(32)46-14/h2-3,6-9,40-42H,4-5H2,1H3,(H,34,44)(H,35,43)/t31-/m0/s1. The first kappa shape index (κ1) is 28.7. The third-order valence-corrected chi connectivity index (χ3v) is 8.64. The van der Waals surface area contributed by atoms with Gasteiger partial charge in [-0.25, -0.2) is 5.43 Å². The van der Waals surface area contributed by atoms with Crippen molar-refractivity contribution < 1.29 is 29.3 Å². The van der Waals surface area contributed by atoms with E-state index in [-0.39, 0.29) is 45.9 Å². The Kier molecular flexibility index (Phi) is 6.08. The second-order valence-electron chi connectivity index (χ2n) is 10.7. The molecule has 1 amide bonds. The van der Waals surface area contributed by atoms with Crippen LogP contribution in [0.15, 0.2) is 63.8 Å². The summed E-state index contributed by atoms with van der Waals surface area (Å²) in [7, 11) is 1.10.